The summed E-state index contributed by atoms with van der Waals surface area (Å²) in [5.41, 5.74) is 2.09. The summed E-state index contributed by atoms with van der Waals surface area (Å²) in [5.74, 6) is 0.583. The summed E-state index contributed by atoms with van der Waals surface area (Å²) < 4.78 is 1.68. The normalized spacial score (nSPS) is 11.6. The minimum atomic E-state index is 0.583. The number of anilines is 1. The van der Waals surface area contributed by atoms with Crippen LogP contribution in [0.3, 0.4) is 0 Å². The van der Waals surface area contributed by atoms with E-state index in [4.69, 9.17) is 0 Å². The lowest BCUT2D eigenvalue weighted by Gasteiger charge is -2.27. The van der Waals surface area contributed by atoms with Gasteiger partial charge in [0.2, 0.25) is 6.41 Å². The molecule has 1 aromatic carbocycles. The van der Waals surface area contributed by atoms with Crippen molar-refractivity contribution >= 4 is 24.0 Å². The predicted molar refractivity (Wildman–Crippen MR) is 93.2 cm³/mol. The van der Waals surface area contributed by atoms with E-state index in [1.165, 1.54) is 17.5 Å². The van der Waals surface area contributed by atoms with E-state index >= 15 is 0 Å². The molecule has 116 valence electrons. The number of carbonyl (C=O) groups is 1. The Balaban J connectivity index is 2.87. The van der Waals surface area contributed by atoms with Gasteiger partial charge in [-0.05, 0) is 31.4 Å². The maximum atomic E-state index is 11.4. The van der Waals surface area contributed by atoms with Crippen molar-refractivity contribution in [3.63, 3.8) is 0 Å². The van der Waals surface area contributed by atoms with Crippen LogP contribution >= 0.6 is 11.9 Å². The van der Waals surface area contributed by atoms with Gasteiger partial charge in [-0.1, -0.05) is 44.5 Å². The standard InChI is InChI=1S/C17H26N2OS/c1-6-7-17(18(5)12-14(2)3)21-19(13-20)16-10-8-15(4)9-11-16/h7-11,13-14H,6,12H2,1-5H3. The first kappa shape index (κ1) is 17.6. The predicted octanol–water partition coefficient (Wildman–Crippen LogP) is 4.45. The molecule has 0 saturated heterocycles. The van der Waals surface area contributed by atoms with E-state index in [-0.39, 0.29) is 0 Å². The molecule has 0 spiro atoms. The Kier molecular flexibility index (Phi) is 7.37. The van der Waals surface area contributed by atoms with Gasteiger partial charge >= 0.3 is 0 Å². The lowest BCUT2D eigenvalue weighted by Crippen LogP contribution is -2.24. The van der Waals surface area contributed by atoms with Crippen LogP contribution in [0.1, 0.15) is 32.8 Å². The van der Waals surface area contributed by atoms with Crippen LogP contribution in [0, 0.1) is 12.8 Å². The molecule has 1 aromatic rings. The molecule has 0 radical (unpaired) electrons. The molecule has 21 heavy (non-hydrogen) atoms. The third-order valence-electron chi connectivity index (χ3n) is 2.97. The number of allylic oxidation sites excluding steroid dienone is 1. The highest BCUT2D eigenvalue weighted by Crippen LogP contribution is 2.29. The Morgan fingerprint density at radius 3 is 2.38 bits per heavy atom. The van der Waals surface area contributed by atoms with Crippen LogP contribution in [0.25, 0.3) is 0 Å². The average Bonchev–Trinajstić information content (AvgIpc) is 2.44. The Morgan fingerprint density at radius 1 is 1.29 bits per heavy atom. The van der Waals surface area contributed by atoms with Crippen LogP contribution in [0.2, 0.25) is 0 Å². The van der Waals surface area contributed by atoms with Gasteiger partial charge in [0.05, 0.1) is 10.7 Å². The number of nitrogens with zero attached hydrogens (tertiary/aromatic N) is 2. The first-order chi connectivity index (χ1) is 9.97. The van der Waals surface area contributed by atoms with Gasteiger partial charge in [0, 0.05) is 25.5 Å². The van der Waals surface area contributed by atoms with Crippen LogP contribution in [0.5, 0.6) is 0 Å². The summed E-state index contributed by atoms with van der Waals surface area (Å²) in [6.07, 6.45) is 3.99. The Morgan fingerprint density at radius 2 is 1.90 bits per heavy atom. The monoisotopic (exact) mass is 306 g/mol. The molecule has 3 nitrogen and oxygen atoms in total. The van der Waals surface area contributed by atoms with Gasteiger partial charge in [-0.3, -0.25) is 9.10 Å². The maximum Gasteiger partial charge on any atom is 0.224 e. The summed E-state index contributed by atoms with van der Waals surface area (Å²) >= 11 is 1.48. The fraction of sp³-hybridized carbons (Fsp3) is 0.471. The molecule has 0 saturated carbocycles. The highest BCUT2D eigenvalue weighted by atomic mass is 32.2. The van der Waals surface area contributed by atoms with Gasteiger partial charge in [0.1, 0.15) is 0 Å². The number of hydrogen-bond acceptors (Lipinski definition) is 3. The lowest BCUT2D eigenvalue weighted by molar-refractivity contribution is -0.106. The van der Waals surface area contributed by atoms with E-state index in [2.05, 4.69) is 38.8 Å². The van der Waals surface area contributed by atoms with E-state index in [1.54, 1.807) is 4.31 Å². The van der Waals surface area contributed by atoms with Crippen LogP contribution in [0.15, 0.2) is 35.4 Å². The molecule has 0 aliphatic heterocycles. The second-order valence-corrected chi connectivity index (χ2v) is 6.58. The largest absolute Gasteiger partial charge is 0.368 e. The van der Waals surface area contributed by atoms with E-state index in [1.807, 2.05) is 31.2 Å². The topological polar surface area (TPSA) is 23.6 Å². The number of carbonyl (C=O) groups excluding carboxylic acids is 1. The first-order valence-corrected chi connectivity index (χ1v) is 8.15. The molecule has 4 heteroatoms. The fourth-order valence-corrected chi connectivity index (χ4v) is 2.93. The van der Waals surface area contributed by atoms with Crippen molar-refractivity contribution in [3.05, 3.63) is 40.9 Å². The minimum Gasteiger partial charge on any atom is -0.368 e. The van der Waals surface area contributed by atoms with Crippen LogP contribution in [-0.4, -0.2) is 24.9 Å². The Labute approximate surface area is 133 Å². The SMILES string of the molecule is CCC=C(SN(C=O)c1ccc(C)cc1)N(C)CC(C)C. The summed E-state index contributed by atoms with van der Waals surface area (Å²) in [7, 11) is 2.08. The molecule has 0 aromatic heterocycles. The van der Waals surface area contributed by atoms with Crippen LogP contribution < -0.4 is 4.31 Å². The highest BCUT2D eigenvalue weighted by Gasteiger charge is 2.13. The van der Waals surface area contributed by atoms with E-state index in [0.717, 1.165) is 30.1 Å². The zero-order chi connectivity index (χ0) is 15.8. The molecule has 0 aliphatic carbocycles. The number of benzene rings is 1. The zero-order valence-corrected chi connectivity index (χ0v) is 14.5. The maximum absolute atomic E-state index is 11.4. The second kappa shape index (κ2) is 8.78. The van der Waals surface area contributed by atoms with Gasteiger partial charge in [-0.25, -0.2) is 0 Å². The number of hydrogen-bond donors (Lipinski definition) is 0. The molecule has 0 bridgehead atoms. The molecule has 0 fully saturated rings. The summed E-state index contributed by atoms with van der Waals surface area (Å²) in [5, 5.41) is 1.11. The average molecular weight is 306 g/mol. The molecule has 1 rings (SSSR count). The number of amides is 1. The molecule has 1 amide bonds. The van der Waals surface area contributed by atoms with E-state index < -0.39 is 0 Å². The summed E-state index contributed by atoms with van der Waals surface area (Å²) in [6.45, 7) is 9.52. The summed E-state index contributed by atoms with van der Waals surface area (Å²) in [4.78, 5) is 13.6. The lowest BCUT2D eigenvalue weighted by atomic mass is 10.2. The molecule has 0 aliphatic rings. The third-order valence-corrected chi connectivity index (χ3v) is 4.13. The Hall–Kier alpha value is -1.42. The van der Waals surface area contributed by atoms with Crippen LogP contribution in [-0.2, 0) is 4.79 Å². The zero-order valence-electron chi connectivity index (χ0n) is 13.7. The van der Waals surface area contributed by atoms with Gasteiger partial charge in [0.15, 0.2) is 0 Å². The van der Waals surface area contributed by atoms with Crippen LogP contribution in [0.4, 0.5) is 5.69 Å². The van der Waals surface area contributed by atoms with E-state index in [9.17, 15) is 4.79 Å². The van der Waals surface area contributed by atoms with Gasteiger partial charge < -0.3 is 4.90 Å². The van der Waals surface area contributed by atoms with E-state index in [0.29, 0.717) is 5.92 Å². The fourth-order valence-electron chi connectivity index (χ4n) is 2.00. The Bertz CT molecular complexity index is 468. The highest BCUT2D eigenvalue weighted by molar-refractivity contribution is 8.04. The van der Waals surface area contributed by atoms with Crippen molar-refractivity contribution in [2.45, 2.75) is 34.1 Å². The number of rotatable bonds is 8. The molecule has 0 N–H and O–H groups in total. The van der Waals surface area contributed by atoms with Crippen molar-refractivity contribution in [1.29, 1.82) is 0 Å². The van der Waals surface area contributed by atoms with Crippen molar-refractivity contribution in [1.82, 2.24) is 4.90 Å². The third kappa shape index (κ3) is 5.84. The van der Waals surface area contributed by atoms with Crippen molar-refractivity contribution in [2.24, 2.45) is 5.92 Å². The van der Waals surface area contributed by atoms with Gasteiger partial charge in [0.25, 0.3) is 0 Å². The smallest absolute Gasteiger partial charge is 0.224 e. The second-order valence-electron chi connectivity index (χ2n) is 5.58. The quantitative estimate of drug-likeness (QED) is 0.524. The minimum absolute atomic E-state index is 0.583. The van der Waals surface area contributed by atoms with Gasteiger partial charge in [-0.2, -0.15) is 0 Å². The van der Waals surface area contributed by atoms with Gasteiger partial charge in [-0.15, -0.1) is 0 Å². The first-order valence-electron chi connectivity index (χ1n) is 7.38. The van der Waals surface area contributed by atoms with Crippen molar-refractivity contribution in [2.75, 3.05) is 17.9 Å². The van der Waals surface area contributed by atoms with Crippen molar-refractivity contribution < 1.29 is 4.79 Å². The molecule has 0 heterocycles. The molecular formula is C17H26N2OS. The molecular weight excluding hydrogens is 280 g/mol. The summed E-state index contributed by atoms with van der Waals surface area (Å²) in [6, 6.07) is 7.99. The molecule has 0 unspecified atom stereocenters. The molecule has 0 atom stereocenters. The number of aryl methyl sites for hydroxylation is 1. The van der Waals surface area contributed by atoms with Crippen molar-refractivity contribution in [3.8, 4) is 0 Å².